The summed E-state index contributed by atoms with van der Waals surface area (Å²) in [5.41, 5.74) is 0.336. The van der Waals surface area contributed by atoms with Crippen molar-refractivity contribution in [2.45, 2.75) is 5.09 Å². The minimum Gasteiger partial charge on any atom is -0.497 e. The lowest BCUT2D eigenvalue weighted by Crippen LogP contribution is -2.14. The third-order valence-electron chi connectivity index (χ3n) is 2.81. The van der Waals surface area contributed by atoms with E-state index in [1.807, 2.05) is 0 Å². The first kappa shape index (κ1) is 16.7. The molecule has 1 heterocycles. The molecule has 0 radical (unpaired) electrons. The van der Waals surface area contributed by atoms with Crippen molar-refractivity contribution in [2.75, 3.05) is 13.7 Å². The molecule has 0 aliphatic rings. The summed E-state index contributed by atoms with van der Waals surface area (Å²) in [4.78, 5) is 23.6. The monoisotopic (exact) mass is 339 g/mol. The number of nitrogens with two attached hydrogens (primary N) is 1. The predicted octanol–water partition coefficient (Wildman–Crippen LogP) is 0.975. The first-order chi connectivity index (χ1) is 10.8. The van der Waals surface area contributed by atoms with E-state index in [1.54, 1.807) is 12.1 Å². The molecule has 0 fully saturated rings. The Kier molecular flexibility index (Phi) is 4.82. The maximum absolute atomic E-state index is 11.9. The molecule has 0 unspecified atom stereocenters. The summed E-state index contributed by atoms with van der Waals surface area (Å²) in [5.74, 6) is -1.18. The maximum Gasteiger partial charge on any atom is 0.374 e. The SMILES string of the molecule is COc1ccc(C(=O)COC(=O)c2ccc(S(N)(=O)=O)o2)cc1. The quantitative estimate of drug-likeness (QED) is 0.614. The Morgan fingerprint density at radius 1 is 1.13 bits per heavy atom. The van der Waals surface area contributed by atoms with Crippen LogP contribution in [-0.2, 0) is 14.8 Å². The number of hydrogen-bond donors (Lipinski definition) is 1. The second-order valence-corrected chi connectivity index (χ2v) is 5.88. The fourth-order valence-electron chi connectivity index (χ4n) is 1.65. The Labute approximate surface area is 131 Å². The summed E-state index contributed by atoms with van der Waals surface area (Å²) < 4.78 is 36.6. The van der Waals surface area contributed by atoms with Gasteiger partial charge in [-0.2, -0.15) is 0 Å². The number of methoxy groups -OCH3 is 1. The summed E-state index contributed by atoms with van der Waals surface area (Å²) in [7, 11) is -2.55. The number of ketones is 1. The highest BCUT2D eigenvalue weighted by molar-refractivity contribution is 7.89. The van der Waals surface area contributed by atoms with Gasteiger partial charge in [0.2, 0.25) is 10.9 Å². The number of Topliss-reactive ketones (excluding diaryl/α,β-unsaturated/α-hetero) is 1. The topological polar surface area (TPSA) is 126 Å². The van der Waals surface area contributed by atoms with E-state index in [2.05, 4.69) is 0 Å². The van der Waals surface area contributed by atoms with Gasteiger partial charge in [0, 0.05) is 5.56 Å². The number of carbonyl (C=O) groups is 2. The molecule has 2 N–H and O–H groups in total. The van der Waals surface area contributed by atoms with Gasteiger partial charge in [-0.25, -0.2) is 18.4 Å². The first-order valence-corrected chi connectivity index (χ1v) is 7.83. The van der Waals surface area contributed by atoms with Crippen LogP contribution in [0.25, 0.3) is 0 Å². The molecule has 2 aromatic rings. The molecule has 0 atom stereocenters. The molecule has 8 nitrogen and oxygen atoms in total. The zero-order chi connectivity index (χ0) is 17.0. The van der Waals surface area contributed by atoms with Crippen molar-refractivity contribution in [3.05, 3.63) is 47.7 Å². The van der Waals surface area contributed by atoms with Crippen LogP contribution >= 0.6 is 0 Å². The standard InChI is InChI=1S/C14H13NO7S/c1-20-10-4-2-9(3-5-10)11(16)8-21-14(17)12-6-7-13(22-12)23(15,18)19/h2-7H,8H2,1H3,(H2,15,18,19). The molecule has 1 aromatic heterocycles. The van der Waals surface area contributed by atoms with Gasteiger partial charge in [0.05, 0.1) is 7.11 Å². The number of rotatable bonds is 6. The van der Waals surface area contributed by atoms with E-state index in [1.165, 1.54) is 19.2 Å². The highest BCUT2D eigenvalue weighted by Crippen LogP contribution is 2.14. The molecular weight excluding hydrogens is 326 g/mol. The summed E-state index contributed by atoms with van der Waals surface area (Å²) in [5, 5.41) is 4.29. The molecular formula is C14H13NO7S. The van der Waals surface area contributed by atoms with Crippen molar-refractivity contribution in [3.63, 3.8) is 0 Å². The molecule has 1 aromatic carbocycles. The van der Waals surface area contributed by atoms with Crippen LogP contribution in [0.3, 0.4) is 0 Å². The predicted molar refractivity (Wildman–Crippen MR) is 77.7 cm³/mol. The van der Waals surface area contributed by atoms with E-state index < -0.39 is 33.5 Å². The van der Waals surface area contributed by atoms with E-state index in [0.717, 1.165) is 12.1 Å². The minimum atomic E-state index is -4.05. The Hall–Kier alpha value is -2.65. The molecule has 0 amide bonds. The zero-order valence-electron chi connectivity index (χ0n) is 12.0. The van der Waals surface area contributed by atoms with Crippen molar-refractivity contribution in [2.24, 2.45) is 5.14 Å². The molecule has 9 heteroatoms. The van der Waals surface area contributed by atoms with Gasteiger partial charge in [-0.1, -0.05) is 0 Å². The van der Waals surface area contributed by atoms with Crippen LogP contribution in [0.4, 0.5) is 0 Å². The van der Waals surface area contributed by atoms with Gasteiger partial charge in [-0.15, -0.1) is 0 Å². The van der Waals surface area contributed by atoms with Crippen molar-refractivity contribution in [1.82, 2.24) is 0 Å². The largest absolute Gasteiger partial charge is 0.497 e. The van der Waals surface area contributed by atoms with Crippen LogP contribution in [0.2, 0.25) is 0 Å². The molecule has 0 saturated heterocycles. The number of carbonyl (C=O) groups excluding carboxylic acids is 2. The number of esters is 1. The third kappa shape index (κ3) is 4.18. The lowest BCUT2D eigenvalue weighted by Gasteiger charge is -2.04. The minimum absolute atomic E-state index is 0.336. The van der Waals surface area contributed by atoms with Gasteiger partial charge in [-0.3, -0.25) is 4.79 Å². The van der Waals surface area contributed by atoms with Gasteiger partial charge >= 0.3 is 5.97 Å². The zero-order valence-corrected chi connectivity index (χ0v) is 12.8. The average molecular weight is 339 g/mol. The van der Waals surface area contributed by atoms with Gasteiger partial charge in [0.15, 0.2) is 12.4 Å². The number of benzene rings is 1. The number of hydrogen-bond acceptors (Lipinski definition) is 7. The van der Waals surface area contributed by atoms with Gasteiger partial charge < -0.3 is 13.9 Å². The number of primary sulfonamides is 1. The average Bonchev–Trinajstić information content (AvgIpc) is 3.02. The highest BCUT2D eigenvalue weighted by Gasteiger charge is 2.19. The molecule has 0 aliphatic carbocycles. The number of ether oxygens (including phenoxy) is 2. The number of furan rings is 1. The lowest BCUT2D eigenvalue weighted by atomic mass is 10.1. The fourth-order valence-corrected chi connectivity index (χ4v) is 2.11. The Morgan fingerprint density at radius 2 is 1.78 bits per heavy atom. The smallest absolute Gasteiger partial charge is 0.374 e. The van der Waals surface area contributed by atoms with Gasteiger partial charge in [-0.05, 0) is 36.4 Å². The first-order valence-electron chi connectivity index (χ1n) is 6.28. The van der Waals surface area contributed by atoms with E-state index in [0.29, 0.717) is 11.3 Å². The van der Waals surface area contributed by atoms with Crippen molar-refractivity contribution < 1.29 is 31.9 Å². The third-order valence-corrected chi connectivity index (χ3v) is 3.59. The highest BCUT2D eigenvalue weighted by atomic mass is 32.2. The summed E-state index contributed by atoms with van der Waals surface area (Å²) in [6.07, 6.45) is 0. The molecule has 0 aliphatic heterocycles. The van der Waals surface area contributed by atoms with Crippen LogP contribution in [0.15, 0.2) is 45.9 Å². The summed E-state index contributed by atoms with van der Waals surface area (Å²) in [6, 6.07) is 8.37. The maximum atomic E-state index is 11.9. The normalized spacial score (nSPS) is 11.0. The summed E-state index contributed by atoms with van der Waals surface area (Å²) in [6.45, 7) is -0.517. The molecule has 122 valence electrons. The van der Waals surface area contributed by atoms with E-state index in [-0.39, 0.29) is 5.76 Å². The number of sulfonamides is 1. The lowest BCUT2D eigenvalue weighted by molar-refractivity contribution is 0.0438. The summed E-state index contributed by atoms with van der Waals surface area (Å²) >= 11 is 0. The molecule has 23 heavy (non-hydrogen) atoms. The van der Waals surface area contributed by atoms with Crippen molar-refractivity contribution in [1.29, 1.82) is 0 Å². The Bertz CT molecular complexity index is 821. The second kappa shape index (κ2) is 6.63. The molecule has 2 rings (SSSR count). The Balaban J connectivity index is 1.98. The van der Waals surface area contributed by atoms with Crippen LogP contribution in [0.1, 0.15) is 20.9 Å². The van der Waals surface area contributed by atoms with Crippen LogP contribution in [-0.4, -0.2) is 33.9 Å². The van der Waals surface area contributed by atoms with Crippen molar-refractivity contribution in [3.8, 4) is 5.75 Å². The van der Waals surface area contributed by atoms with Crippen molar-refractivity contribution >= 4 is 21.8 Å². The molecule has 0 spiro atoms. The van der Waals surface area contributed by atoms with Gasteiger partial charge in [0.1, 0.15) is 5.75 Å². The Morgan fingerprint density at radius 3 is 2.30 bits per heavy atom. The van der Waals surface area contributed by atoms with E-state index in [4.69, 9.17) is 19.0 Å². The van der Waals surface area contributed by atoms with Crippen LogP contribution in [0, 0.1) is 0 Å². The van der Waals surface area contributed by atoms with Crippen LogP contribution in [0.5, 0.6) is 5.75 Å². The molecule has 0 saturated carbocycles. The fraction of sp³-hybridized carbons (Fsp3) is 0.143. The molecule has 0 bridgehead atoms. The van der Waals surface area contributed by atoms with Gasteiger partial charge in [0.25, 0.3) is 10.0 Å². The second-order valence-electron chi connectivity index (χ2n) is 4.39. The van der Waals surface area contributed by atoms with E-state index in [9.17, 15) is 18.0 Å². The van der Waals surface area contributed by atoms with E-state index >= 15 is 0 Å². The van der Waals surface area contributed by atoms with Crippen LogP contribution < -0.4 is 9.88 Å².